The Hall–Kier alpha value is -2.09. The molecule has 2 unspecified atom stereocenters. The highest BCUT2D eigenvalue weighted by Crippen LogP contribution is 2.66. The third-order valence-corrected chi connectivity index (χ3v) is 8.22. The Morgan fingerprint density at radius 2 is 1.97 bits per heavy atom. The first kappa shape index (κ1) is 27.5. The van der Waals surface area contributed by atoms with Crippen molar-refractivity contribution in [3.05, 3.63) is 16.6 Å². The van der Waals surface area contributed by atoms with E-state index in [1.807, 2.05) is 0 Å². The van der Waals surface area contributed by atoms with Crippen LogP contribution in [0.2, 0.25) is 0 Å². The summed E-state index contributed by atoms with van der Waals surface area (Å²) >= 11 is 0. The van der Waals surface area contributed by atoms with Gasteiger partial charge in [0.1, 0.15) is 17.7 Å². The lowest BCUT2D eigenvalue weighted by molar-refractivity contribution is -0.0421. The third-order valence-electron chi connectivity index (χ3n) is 4.41. The van der Waals surface area contributed by atoms with Crippen molar-refractivity contribution in [1.82, 2.24) is 14.5 Å². The lowest BCUT2D eigenvalue weighted by Crippen LogP contribution is -2.26. The number of terminal acetylenes is 1. The molecule has 18 nitrogen and oxygen atoms in total. The van der Waals surface area contributed by atoms with Gasteiger partial charge in [0.25, 0.3) is 5.56 Å². The molecule has 5 atom stereocenters. The van der Waals surface area contributed by atoms with Crippen molar-refractivity contribution < 1.29 is 56.3 Å². The monoisotopic (exact) mass is 559 g/mol. The van der Waals surface area contributed by atoms with E-state index in [-0.39, 0.29) is 29.9 Å². The molecule has 9 N–H and O–H groups in total. The predicted molar refractivity (Wildman–Crippen MR) is 116 cm³/mol. The number of nitrogen functional groups attached to an aromatic ring is 1. The van der Waals surface area contributed by atoms with E-state index >= 15 is 0 Å². The van der Waals surface area contributed by atoms with E-state index in [4.69, 9.17) is 26.7 Å². The van der Waals surface area contributed by atoms with Gasteiger partial charge in [-0.1, -0.05) is 5.92 Å². The fourth-order valence-corrected chi connectivity index (χ4v) is 6.21. The Labute approximate surface area is 195 Å². The number of hydrogen-bond acceptors (Lipinski definition) is 12. The van der Waals surface area contributed by atoms with Gasteiger partial charge in [-0.05, 0) is 0 Å². The molecule has 21 heteroatoms. The molecule has 35 heavy (non-hydrogen) atoms. The van der Waals surface area contributed by atoms with Gasteiger partial charge in [-0.3, -0.25) is 14.3 Å². The van der Waals surface area contributed by atoms with Gasteiger partial charge in [-0.2, -0.15) is 13.6 Å². The van der Waals surface area contributed by atoms with Crippen LogP contribution in [0.5, 0.6) is 0 Å². The van der Waals surface area contributed by atoms with Crippen LogP contribution >= 0.6 is 23.5 Å². The second-order valence-electron chi connectivity index (χ2n) is 6.98. The maximum absolute atomic E-state index is 12.4. The number of ether oxygens (including phenoxy) is 1. The minimum Gasteiger partial charge on any atom is -0.390 e. The number of anilines is 2. The number of phosphoric ester groups is 1. The fourth-order valence-electron chi connectivity index (χ4n) is 3.18. The summed E-state index contributed by atoms with van der Waals surface area (Å²) in [6.45, 7) is -0.793. The normalized spacial score (nSPS) is 24.1. The summed E-state index contributed by atoms with van der Waals surface area (Å²) in [7, 11) is -16.7. The van der Waals surface area contributed by atoms with Crippen molar-refractivity contribution in [3.8, 4) is 12.3 Å². The second-order valence-corrected chi connectivity index (χ2v) is 11.4. The lowest BCUT2D eigenvalue weighted by atomic mass is 10.2. The molecule has 0 spiro atoms. The number of phosphoric acid groups is 3. The van der Waals surface area contributed by atoms with Crippen LogP contribution in [0.1, 0.15) is 12.6 Å². The number of nitrogens with zero attached hydrogens (tertiary/aromatic N) is 2. The molecule has 0 bridgehead atoms. The topological polar surface area (TPSA) is 278 Å². The maximum Gasteiger partial charge on any atom is 0.490 e. The number of hydrogen-bond donors (Lipinski definition) is 8. The van der Waals surface area contributed by atoms with Crippen molar-refractivity contribution in [2.45, 2.75) is 24.9 Å². The summed E-state index contributed by atoms with van der Waals surface area (Å²) in [6.07, 6.45) is 3.00. The minimum absolute atomic E-state index is 0.0692. The Balaban J connectivity index is 1.76. The Morgan fingerprint density at radius 1 is 1.29 bits per heavy atom. The van der Waals surface area contributed by atoms with E-state index in [9.17, 15) is 33.4 Å². The molecule has 194 valence electrons. The standard InChI is InChI=1S/C14H20N5O13P3/c1-2-3-16-7-5-19(12-11(7)13(21)18-14(15)17-12)10-4-8(20)9(30-10)6-29-34(25,26)32-35(27,28)31-33(22,23)24/h1,5,8-10,16,20H,3-4,6H2,(H,25,26)(H,27,28)(H2,22,23,24)(H3,15,17,18,21)/t8-,9+,10+/m0/s1. The molecule has 0 aliphatic carbocycles. The Bertz CT molecular complexity index is 1350. The zero-order valence-electron chi connectivity index (χ0n) is 17.3. The fraction of sp³-hybridized carbons (Fsp3) is 0.429. The molecule has 0 saturated carbocycles. The first-order valence-corrected chi connectivity index (χ1v) is 13.8. The zero-order chi connectivity index (χ0) is 26.2. The van der Waals surface area contributed by atoms with Crippen molar-refractivity contribution in [1.29, 1.82) is 0 Å². The second kappa shape index (κ2) is 10.1. The van der Waals surface area contributed by atoms with Crippen LogP contribution in [0, 0.1) is 12.3 Å². The smallest absolute Gasteiger partial charge is 0.390 e. The van der Waals surface area contributed by atoms with E-state index in [1.54, 1.807) is 0 Å². The summed E-state index contributed by atoms with van der Waals surface area (Å²) < 4.78 is 52.7. The maximum atomic E-state index is 12.4. The molecule has 2 aromatic heterocycles. The van der Waals surface area contributed by atoms with Gasteiger partial charge in [0.2, 0.25) is 5.95 Å². The van der Waals surface area contributed by atoms with Crippen LogP contribution in [-0.2, 0) is 31.6 Å². The molecule has 1 aliphatic rings. The number of aliphatic hydroxyl groups excluding tert-OH is 1. The Kier molecular flexibility index (Phi) is 7.94. The SMILES string of the molecule is C#CCNc1cn([C@H]2C[C@H](O)[C@@H](COP(=O)(O)OP(=O)(O)OP(=O)(O)O)O2)c2nc(N)[nH]c(=O)c12. The van der Waals surface area contributed by atoms with Crippen LogP contribution in [0.4, 0.5) is 11.6 Å². The molecule has 3 rings (SSSR count). The number of H-pyrrole nitrogens is 1. The third kappa shape index (κ3) is 6.99. The first-order chi connectivity index (χ1) is 16.1. The van der Waals surface area contributed by atoms with Crippen molar-refractivity contribution in [2.75, 3.05) is 24.2 Å². The molecule has 1 aliphatic heterocycles. The number of aromatic nitrogens is 3. The minimum atomic E-state index is -5.70. The van der Waals surface area contributed by atoms with Crippen molar-refractivity contribution in [3.63, 3.8) is 0 Å². The molecule has 1 saturated heterocycles. The summed E-state index contributed by atoms with van der Waals surface area (Å²) in [5.41, 5.74) is 5.42. The van der Waals surface area contributed by atoms with Crippen LogP contribution in [0.15, 0.2) is 11.0 Å². The Morgan fingerprint density at radius 3 is 2.60 bits per heavy atom. The van der Waals surface area contributed by atoms with E-state index in [2.05, 4.69) is 34.4 Å². The van der Waals surface area contributed by atoms with E-state index in [0.29, 0.717) is 5.69 Å². The summed E-state index contributed by atoms with van der Waals surface area (Å²) in [5.74, 6) is 2.15. The van der Waals surface area contributed by atoms with Crippen LogP contribution in [-0.4, -0.2) is 64.6 Å². The van der Waals surface area contributed by atoms with Crippen LogP contribution in [0.25, 0.3) is 11.0 Å². The molecule has 3 heterocycles. The van der Waals surface area contributed by atoms with E-state index < -0.39 is 54.1 Å². The van der Waals surface area contributed by atoms with E-state index in [0.717, 1.165) is 0 Å². The average Bonchev–Trinajstić information content (AvgIpc) is 3.22. The first-order valence-electron chi connectivity index (χ1n) is 9.30. The molecule has 1 fully saturated rings. The van der Waals surface area contributed by atoms with Crippen LogP contribution < -0.4 is 16.6 Å². The number of aromatic amines is 1. The largest absolute Gasteiger partial charge is 0.490 e. The quantitative estimate of drug-likeness (QED) is 0.132. The highest BCUT2D eigenvalue weighted by atomic mass is 31.3. The number of nitrogens with one attached hydrogen (secondary N) is 2. The summed E-state index contributed by atoms with van der Waals surface area (Å²) in [5, 5.41) is 13.3. The highest BCUT2D eigenvalue weighted by Gasteiger charge is 2.43. The lowest BCUT2D eigenvalue weighted by Gasteiger charge is -2.19. The van der Waals surface area contributed by atoms with Gasteiger partial charge >= 0.3 is 23.5 Å². The van der Waals surface area contributed by atoms with Crippen LogP contribution in [0.3, 0.4) is 0 Å². The molecule has 0 aromatic carbocycles. The van der Waals surface area contributed by atoms with Gasteiger partial charge in [0.05, 0.1) is 24.9 Å². The van der Waals surface area contributed by atoms with Gasteiger partial charge in [0, 0.05) is 12.6 Å². The molecule has 0 radical (unpaired) electrons. The van der Waals surface area contributed by atoms with E-state index in [1.165, 1.54) is 10.8 Å². The zero-order valence-corrected chi connectivity index (χ0v) is 20.0. The van der Waals surface area contributed by atoms with Crippen molar-refractivity contribution in [2.24, 2.45) is 0 Å². The summed E-state index contributed by atoms with van der Waals surface area (Å²) in [4.78, 5) is 54.7. The number of rotatable bonds is 10. The summed E-state index contributed by atoms with van der Waals surface area (Å²) in [6, 6.07) is 0. The molecule has 2 aromatic rings. The van der Waals surface area contributed by atoms with Gasteiger partial charge in [-0.25, -0.2) is 13.7 Å². The van der Waals surface area contributed by atoms with Gasteiger partial charge in [-0.15, -0.1) is 6.42 Å². The van der Waals surface area contributed by atoms with Crippen molar-refractivity contribution >= 4 is 46.1 Å². The molecular formula is C14H20N5O13P3. The number of nitrogens with two attached hydrogens (primary N) is 1. The molecular weight excluding hydrogens is 539 g/mol. The highest BCUT2D eigenvalue weighted by molar-refractivity contribution is 7.66. The number of fused-ring (bicyclic) bond motifs is 1. The predicted octanol–water partition coefficient (Wildman–Crippen LogP) is -0.656. The average molecular weight is 559 g/mol. The van der Waals surface area contributed by atoms with Gasteiger partial charge < -0.3 is 45.0 Å². The number of aliphatic hydroxyl groups is 1. The molecule has 0 amide bonds. The van der Waals surface area contributed by atoms with Gasteiger partial charge in [0.15, 0.2) is 5.65 Å².